The summed E-state index contributed by atoms with van der Waals surface area (Å²) < 4.78 is 62.2. The normalized spacial score (nSPS) is 26.8. The molecule has 3 heterocycles. The minimum absolute atomic E-state index is 0.0253. The number of fused-ring (bicyclic) bond motifs is 1. The van der Waals surface area contributed by atoms with Gasteiger partial charge in [0.1, 0.15) is 49.8 Å². The van der Waals surface area contributed by atoms with Crippen molar-refractivity contribution >= 4 is 23.9 Å². The molecular weight excluding hydrogens is 841 g/mol. The molecule has 0 radical (unpaired) electrons. The molecule has 65 heavy (non-hydrogen) atoms. The molecule has 8 rings (SSSR count). The van der Waals surface area contributed by atoms with Crippen LogP contribution in [0, 0.1) is 0 Å². The average molecular weight is 889 g/mol. The SMILES string of the molecule is CC1(C)OC2C(OC(=O)c3ccccc3)[C@H](O[C@@H]3C(COC(=O)c4ccccc4)O[C@@H](OCc4ccccc4)C(OC(=O)c4ccccc4)[C@H]3O)O[C@@H](COC(=O)c3ccccc3)[C@@H]2O1. The van der Waals surface area contributed by atoms with Gasteiger partial charge in [-0.05, 0) is 67.9 Å². The van der Waals surface area contributed by atoms with Crippen LogP contribution >= 0.6 is 0 Å². The van der Waals surface area contributed by atoms with Crippen LogP contribution in [0.2, 0.25) is 0 Å². The van der Waals surface area contributed by atoms with E-state index in [9.17, 15) is 24.3 Å². The fraction of sp³-hybridized carbons (Fsp3) is 0.320. The van der Waals surface area contributed by atoms with Crippen LogP contribution in [0.4, 0.5) is 0 Å². The van der Waals surface area contributed by atoms with Crippen LogP contribution in [0.5, 0.6) is 0 Å². The molecule has 0 saturated carbocycles. The lowest BCUT2D eigenvalue weighted by Gasteiger charge is -2.47. The Labute approximate surface area is 375 Å². The van der Waals surface area contributed by atoms with Crippen LogP contribution in [0.3, 0.4) is 0 Å². The van der Waals surface area contributed by atoms with E-state index in [2.05, 4.69) is 0 Å². The van der Waals surface area contributed by atoms with Crippen molar-refractivity contribution in [3.05, 3.63) is 179 Å². The Hall–Kier alpha value is -6.30. The minimum atomic E-state index is -1.77. The lowest BCUT2D eigenvalue weighted by Crippen LogP contribution is -2.65. The minimum Gasteiger partial charge on any atom is -0.459 e. The molecule has 0 spiro atoms. The molecule has 0 aromatic heterocycles. The molecule has 5 aromatic carbocycles. The van der Waals surface area contributed by atoms with Crippen LogP contribution in [0.15, 0.2) is 152 Å². The van der Waals surface area contributed by atoms with E-state index >= 15 is 0 Å². The quantitative estimate of drug-likeness (QED) is 0.0943. The Morgan fingerprint density at radius 2 is 0.923 bits per heavy atom. The second-order valence-electron chi connectivity index (χ2n) is 15.9. The number of benzene rings is 5. The third-order valence-electron chi connectivity index (χ3n) is 10.9. The summed E-state index contributed by atoms with van der Waals surface area (Å²) in [5, 5.41) is 12.5. The standard InChI is InChI=1S/C50H48O15/c1-50(2)64-40-37(30-57-45(53)33-22-12-5-13-23-33)60-49(43(42(40)65-50)62-47(55)35-26-16-7-17-27-35)63-39-36(29-56-44(52)32-20-10-4-11-21-32)59-48(58-28-31-18-8-3-9-19-31)41(38(39)51)61-46(54)34-24-14-6-15-25-34/h3-27,36-43,48-49,51H,28-30H2,1-2H3/t36?,37-,38-,39+,40-,41?,42?,43?,48+,49-/m0/s1. The second kappa shape index (κ2) is 20.7. The molecule has 338 valence electrons. The first-order valence-electron chi connectivity index (χ1n) is 21.1. The third-order valence-corrected chi connectivity index (χ3v) is 10.9. The zero-order valence-electron chi connectivity index (χ0n) is 35.5. The van der Waals surface area contributed by atoms with Crippen molar-refractivity contribution in [2.24, 2.45) is 0 Å². The lowest BCUT2D eigenvalue weighted by atomic mass is 9.96. The maximum absolute atomic E-state index is 13.8. The molecule has 0 amide bonds. The van der Waals surface area contributed by atoms with Gasteiger partial charge in [0.15, 0.2) is 30.6 Å². The Morgan fingerprint density at radius 1 is 0.508 bits per heavy atom. The van der Waals surface area contributed by atoms with Crippen LogP contribution in [0.25, 0.3) is 0 Å². The first kappa shape index (κ1) is 45.3. The Bertz CT molecular complexity index is 2350. The molecule has 10 atom stereocenters. The summed E-state index contributed by atoms with van der Waals surface area (Å²) in [6.07, 6.45) is -13.8. The molecule has 3 aliphatic rings. The van der Waals surface area contributed by atoms with Crippen LogP contribution in [-0.2, 0) is 54.0 Å². The molecule has 3 saturated heterocycles. The maximum atomic E-state index is 13.8. The largest absolute Gasteiger partial charge is 0.459 e. The summed E-state index contributed by atoms with van der Waals surface area (Å²) in [7, 11) is 0. The van der Waals surface area contributed by atoms with E-state index in [1.807, 2.05) is 30.3 Å². The van der Waals surface area contributed by atoms with Gasteiger partial charge in [-0.3, -0.25) is 0 Å². The molecule has 3 fully saturated rings. The number of esters is 4. The van der Waals surface area contributed by atoms with Gasteiger partial charge in [0.2, 0.25) is 0 Å². The van der Waals surface area contributed by atoms with E-state index in [1.165, 1.54) is 0 Å². The molecule has 5 aromatic rings. The van der Waals surface area contributed by atoms with Crippen LogP contribution in [0.1, 0.15) is 60.8 Å². The van der Waals surface area contributed by atoms with Gasteiger partial charge >= 0.3 is 23.9 Å². The van der Waals surface area contributed by atoms with Crippen molar-refractivity contribution in [1.29, 1.82) is 0 Å². The lowest BCUT2D eigenvalue weighted by molar-refractivity contribution is -0.353. The second-order valence-corrected chi connectivity index (χ2v) is 15.9. The van der Waals surface area contributed by atoms with E-state index in [4.69, 9.17) is 47.4 Å². The molecule has 3 aliphatic heterocycles. The average Bonchev–Trinajstić information content (AvgIpc) is 3.68. The van der Waals surface area contributed by atoms with Gasteiger partial charge in [-0.1, -0.05) is 103 Å². The van der Waals surface area contributed by atoms with Gasteiger partial charge < -0.3 is 52.5 Å². The number of rotatable bonds is 15. The number of hydrogen-bond acceptors (Lipinski definition) is 15. The van der Waals surface area contributed by atoms with E-state index in [1.54, 1.807) is 135 Å². The Morgan fingerprint density at radius 3 is 1.43 bits per heavy atom. The number of carbonyl (C=O) groups excluding carboxylic acids is 4. The highest BCUT2D eigenvalue weighted by atomic mass is 16.8. The Kier molecular flexibility index (Phi) is 14.4. The summed E-state index contributed by atoms with van der Waals surface area (Å²) in [6, 6.07) is 42.1. The monoisotopic (exact) mass is 888 g/mol. The van der Waals surface area contributed by atoms with Crippen molar-refractivity contribution in [3.8, 4) is 0 Å². The summed E-state index contributed by atoms with van der Waals surface area (Å²) >= 11 is 0. The molecule has 1 N–H and O–H groups in total. The zero-order valence-corrected chi connectivity index (χ0v) is 35.5. The van der Waals surface area contributed by atoms with Gasteiger partial charge in [0.25, 0.3) is 0 Å². The number of carbonyl (C=O) groups is 4. The van der Waals surface area contributed by atoms with E-state index in [0.29, 0.717) is 5.56 Å². The van der Waals surface area contributed by atoms with Crippen LogP contribution in [-0.4, -0.2) is 109 Å². The molecule has 0 bridgehead atoms. The zero-order chi connectivity index (χ0) is 45.3. The molecule has 4 unspecified atom stereocenters. The van der Waals surface area contributed by atoms with Crippen molar-refractivity contribution in [3.63, 3.8) is 0 Å². The highest BCUT2D eigenvalue weighted by Gasteiger charge is 2.59. The van der Waals surface area contributed by atoms with E-state index in [-0.39, 0.29) is 29.9 Å². The molecule has 15 heteroatoms. The summed E-state index contributed by atoms with van der Waals surface area (Å²) in [4.78, 5) is 54.1. The first-order chi connectivity index (χ1) is 31.5. The fourth-order valence-corrected chi connectivity index (χ4v) is 7.73. The number of ether oxygens (including phenoxy) is 10. The number of hydrogen-bond donors (Lipinski definition) is 1. The number of aliphatic hydroxyl groups is 1. The van der Waals surface area contributed by atoms with Gasteiger partial charge in [0.05, 0.1) is 28.9 Å². The van der Waals surface area contributed by atoms with Crippen LogP contribution < -0.4 is 0 Å². The fourth-order valence-electron chi connectivity index (χ4n) is 7.73. The smallest absolute Gasteiger partial charge is 0.338 e. The van der Waals surface area contributed by atoms with E-state index < -0.39 is 97.7 Å². The van der Waals surface area contributed by atoms with Gasteiger partial charge in [-0.2, -0.15) is 0 Å². The van der Waals surface area contributed by atoms with Crippen molar-refractivity contribution in [2.75, 3.05) is 13.2 Å². The molecule has 15 nitrogen and oxygen atoms in total. The predicted octanol–water partition coefficient (Wildman–Crippen LogP) is 6.08. The Balaban J connectivity index is 1.14. The van der Waals surface area contributed by atoms with Gasteiger partial charge in [0, 0.05) is 0 Å². The maximum Gasteiger partial charge on any atom is 0.338 e. The van der Waals surface area contributed by atoms with E-state index in [0.717, 1.165) is 5.56 Å². The highest BCUT2D eigenvalue weighted by molar-refractivity contribution is 5.91. The summed E-state index contributed by atoms with van der Waals surface area (Å²) in [5.74, 6) is -4.14. The van der Waals surface area contributed by atoms with Gasteiger partial charge in [-0.15, -0.1) is 0 Å². The first-order valence-corrected chi connectivity index (χ1v) is 21.1. The summed E-state index contributed by atoms with van der Waals surface area (Å²) in [5.41, 5.74) is 1.68. The number of aliphatic hydroxyl groups excluding tert-OH is 1. The molecule has 0 aliphatic carbocycles. The third kappa shape index (κ3) is 11.2. The van der Waals surface area contributed by atoms with Crippen molar-refractivity contribution in [2.45, 2.75) is 87.7 Å². The summed E-state index contributed by atoms with van der Waals surface area (Å²) in [6.45, 7) is 2.45. The predicted molar refractivity (Wildman–Crippen MR) is 228 cm³/mol. The highest BCUT2D eigenvalue weighted by Crippen LogP contribution is 2.41. The van der Waals surface area contributed by atoms with Crippen molar-refractivity contribution < 1.29 is 71.7 Å². The van der Waals surface area contributed by atoms with Crippen molar-refractivity contribution in [1.82, 2.24) is 0 Å². The van der Waals surface area contributed by atoms with Gasteiger partial charge in [-0.25, -0.2) is 19.2 Å². The molecular formula is C50H48O15. The topological polar surface area (TPSA) is 181 Å².